The highest BCUT2D eigenvalue weighted by Gasteiger charge is 2.24. The maximum absolute atomic E-state index is 11.5. The second-order valence-electron chi connectivity index (χ2n) is 6.23. The van der Waals surface area contributed by atoms with E-state index in [1.807, 2.05) is 0 Å². The summed E-state index contributed by atoms with van der Waals surface area (Å²) in [5.74, 6) is 0. The molecule has 10 heteroatoms. The molecule has 1 heterocycles. The number of alkyl carbamates (subject to hydrolysis) is 1. The zero-order valence-corrected chi connectivity index (χ0v) is 14.1. The van der Waals surface area contributed by atoms with Gasteiger partial charge in [-0.05, 0) is 27.2 Å². The molecule has 0 aliphatic heterocycles. The molecule has 0 saturated heterocycles. The Balaban J connectivity index is 2.66. The van der Waals surface area contributed by atoms with E-state index in [0.29, 0.717) is 0 Å². The molecule has 3 N–H and O–H groups in total. The Kier molecular flexibility index (Phi) is 6.78. The zero-order chi connectivity index (χ0) is 19.2. The number of amides is 1. The summed E-state index contributed by atoms with van der Waals surface area (Å²) in [7, 11) is 0. The molecule has 2 unspecified atom stereocenters. The van der Waals surface area contributed by atoms with E-state index < -0.39 is 34.5 Å². The van der Waals surface area contributed by atoms with Crippen LogP contribution >= 0.6 is 0 Å². The molecule has 0 radical (unpaired) electrons. The van der Waals surface area contributed by atoms with Crippen molar-refractivity contribution in [1.82, 2.24) is 10.3 Å². The third-order valence-electron chi connectivity index (χ3n) is 3.01. The second-order valence-corrected chi connectivity index (χ2v) is 6.23. The van der Waals surface area contributed by atoms with Gasteiger partial charge in [0.2, 0.25) is 5.69 Å². The topological polar surface area (TPSA) is 159 Å². The summed E-state index contributed by atoms with van der Waals surface area (Å²) in [4.78, 5) is 25.2. The van der Waals surface area contributed by atoms with Crippen LogP contribution in [0.4, 0.5) is 10.5 Å². The van der Waals surface area contributed by atoms with Crippen LogP contribution in [0.3, 0.4) is 0 Å². The lowest BCUT2D eigenvalue weighted by molar-refractivity contribution is -0.385. The fraction of sp³-hybridized carbons (Fsp3) is 0.533. The number of aromatic nitrogens is 1. The summed E-state index contributed by atoms with van der Waals surface area (Å²) in [6, 6.07) is 2.57. The lowest BCUT2D eigenvalue weighted by Gasteiger charge is -2.21. The summed E-state index contributed by atoms with van der Waals surface area (Å²) in [6.07, 6.45) is -2.36. The van der Waals surface area contributed by atoms with Gasteiger partial charge in [0.15, 0.2) is 0 Å². The van der Waals surface area contributed by atoms with E-state index in [9.17, 15) is 25.1 Å². The molecule has 25 heavy (non-hydrogen) atoms. The first kappa shape index (κ1) is 20.3. The van der Waals surface area contributed by atoms with E-state index in [2.05, 4.69) is 10.3 Å². The monoisotopic (exact) mass is 352 g/mol. The van der Waals surface area contributed by atoms with Gasteiger partial charge in [-0.25, -0.2) is 9.78 Å². The molecule has 1 rings (SSSR count). The number of nitro groups is 1. The molecule has 136 valence electrons. The number of aliphatic hydroxyl groups is 2. The van der Waals surface area contributed by atoms with Gasteiger partial charge < -0.3 is 20.3 Å². The molecule has 0 bridgehead atoms. The summed E-state index contributed by atoms with van der Waals surface area (Å²) in [6.45, 7) is 5.14. The van der Waals surface area contributed by atoms with Crippen molar-refractivity contribution in [3.8, 4) is 6.07 Å². The third-order valence-corrected chi connectivity index (χ3v) is 3.01. The van der Waals surface area contributed by atoms with Crippen LogP contribution in [0, 0.1) is 21.4 Å². The molecule has 10 nitrogen and oxygen atoms in total. The first-order valence-corrected chi connectivity index (χ1v) is 7.42. The van der Waals surface area contributed by atoms with Crippen LogP contribution in [-0.2, 0) is 4.74 Å². The van der Waals surface area contributed by atoms with Crippen LogP contribution in [0.1, 0.15) is 44.6 Å². The molecule has 0 aliphatic rings. The normalized spacial score (nSPS) is 13.4. The average Bonchev–Trinajstić information content (AvgIpc) is 2.51. The van der Waals surface area contributed by atoms with E-state index >= 15 is 0 Å². The van der Waals surface area contributed by atoms with Crippen molar-refractivity contribution in [1.29, 1.82) is 5.26 Å². The molecule has 2 atom stereocenters. The number of carbonyl (C=O) groups is 1. The number of ether oxygens (including phenoxy) is 1. The van der Waals surface area contributed by atoms with Crippen LogP contribution in [-0.4, -0.2) is 44.5 Å². The minimum absolute atomic E-state index is 0.00420. The SMILES string of the molecule is CC(C)(C)OC(=O)NCCC(O)C(O)c1cnc(C#N)c([N+](=O)[O-])c1. The van der Waals surface area contributed by atoms with Crippen LogP contribution in [0.5, 0.6) is 0 Å². The predicted octanol–water partition coefficient (Wildman–Crippen LogP) is 1.17. The Hall–Kier alpha value is -2.77. The highest BCUT2D eigenvalue weighted by Crippen LogP contribution is 2.24. The molecule has 0 fully saturated rings. The molecular weight excluding hydrogens is 332 g/mol. The van der Waals surface area contributed by atoms with Gasteiger partial charge in [0.25, 0.3) is 0 Å². The van der Waals surface area contributed by atoms with Gasteiger partial charge in [-0.3, -0.25) is 10.1 Å². The smallest absolute Gasteiger partial charge is 0.407 e. The number of hydrogen-bond donors (Lipinski definition) is 3. The van der Waals surface area contributed by atoms with Gasteiger partial charge in [-0.2, -0.15) is 5.26 Å². The van der Waals surface area contributed by atoms with Gasteiger partial charge in [-0.15, -0.1) is 0 Å². The largest absolute Gasteiger partial charge is 0.444 e. The van der Waals surface area contributed by atoms with E-state index in [4.69, 9.17) is 10.00 Å². The minimum atomic E-state index is -1.46. The predicted molar refractivity (Wildman–Crippen MR) is 85.4 cm³/mol. The van der Waals surface area contributed by atoms with Crippen LogP contribution < -0.4 is 5.32 Å². The average molecular weight is 352 g/mol. The molecular formula is C15H20N4O6. The Bertz CT molecular complexity index is 680. The van der Waals surface area contributed by atoms with E-state index in [-0.39, 0.29) is 24.2 Å². The number of rotatable bonds is 6. The summed E-state index contributed by atoms with van der Waals surface area (Å²) >= 11 is 0. The van der Waals surface area contributed by atoms with E-state index in [0.717, 1.165) is 12.3 Å². The number of carbonyl (C=O) groups excluding carboxylic acids is 1. The Morgan fingerprint density at radius 3 is 2.68 bits per heavy atom. The first-order valence-electron chi connectivity index (χ1n) is 7.42. The fourth-order valence-corrected chi connectivity index (χ4v) is 1.87. The summed E-state index contributed by atoms with van der Waals surface area (Å²) < 4.78 is 5.02. The number of nitriles is 1. The van der Waals surface area contributed by atoms with Crippen LogP contribution in [0.15, 0.2) is 12.3 Å². The number of nitrogens with one attached hydrogen (secondary N) is 1. The van der Waals surface area contributed by atoms with Crippen LogP contribution in [0.25, 0.3) is 0 Å². The number of nitrogens with zero attached hydrogens (tertiary/aromatic N) is 3. The number of aliphatic hydroxyl groups excluding tert-OH is 2. The molecule has 0 aliphatic carbocycles. The Labute approximate surface area is 144 Å². The third kappa shape index (κ3) is 6.33. The molecule has 1 aromatic heterocycles. The number of hydrogen-bond acceptors (Lipinski definition) is 8. The van der Waals surface area contributed by atoms with Gasteiger partial charge in [-0.1, -0.05) is 0 Å². The highest BCUT2D eigenvalue weighted by molar-refractivity contribution is 5.67. The number of pyridine rings is 1. The molecule has 0 spiro atoms. The standard InChI is InChI=1S/C15H20N4O6/c1-15(2,3)25-14(22)17-5-4-12(20)13(21)9-6-11(19(23)24)10(7-16)18-8-9/h6,8,12-13,20-21H,4-5H2,1-3H3,(H,17,22). The Morgan fingerprint density at radius 1 is 1.52 bits per heavy atom. The Morgan fingerprint density at radius 2 is 2.16 bits per heavy atom. The molecule has 1 amide bonds. The van der Waals surface area contributed by atoms with Crippen LogP contribution in [0.2, 0.25) is 0 Å². The van der Waals surface area contributed by atoms with Crippen molar-refractivity contribution in [3.63, 3.8) is 0 Å². The fourth-order valence-electron chi connectivity index (χ4n) is 1.87. The van der Waals surface area contributed by atoms with Gasteiger partial charge in [0.1, 0.15) is 17.8 Å². The van der Waals surface area contributed by atoms with Gasteiger partial charge >= 0.3 is 11.8 Å². The maximum atomic E-state index is 11.5. The van der Waals surface area contributed by atoms with E-state index in [1.54, 1.807) is 26.8 Å². The summed E-state index contributed by atoms with van der Waals surface area (Å²) in [5.41, 5.74) is -1.61. The molecule has 0 aromatic carbocycles. The van der Waals surface area contributed by atoms with Crippen molar-refractivity contribution in [2.24, 2.45) is 0 Å². The quantitative estimate of drug-likeness (QED) is 0.508. The van der Waals surface area contributed by atoms with Gasteiger partial charge in [0.05, 0.1) is 11.0 Å². The van der Waals surface area contributed by atoms with E-state index in [1.165, 1.54) is 0 Å². The van der Waals surface area contributed by atoms with Crippen molar-refractivity contribution in [2.75, 3.05) is 6.54 Å². The molecule has 1 aromatic rings. The first-order chi connectivity index (χ1) is 11.5. The van der Waals surface area contributed by atoms with Crippen molar-refractivity contribution in [2.45, 2.75) is 45.0 Å². The maximum Gasteiger partial charge on any atom is 0.407 e. The highest BCUT2D eigenvalue weighted by atomic mass is 16.6. The van der Waals surface area contributed by atoms with Crippen molar-refractivity contribution < 1.29 is 24.7 Å². The summed E-state index contributed by atoms with van der Waals surface area (Å²) in [5, 5.41) is 42.1. The van der Waals surface area contributed by atoms with Crippen molar-refractivity contribution in [3.05, 3.63) is 33.6 Å². The zero-order valence-electron chi connectivity index (χ0n) is 14.1. The minimum Gasteiger partial charge on any atom is -0.444 e. The second kappa shape index (κ2) is 8.36. The van der Waals surface area contributed by atoms with Crippen molar-refractivity contribution >= 4 is 11.8 Å². The van der Waals surface area contributed by atoms with Gasteiger partial charge in [0, 0.05) is 24.4 Å². The lowest BCUT2D eigenvalue weighted by atomic mass is 10.0. The lowest BCUT2D eigenvalue weighted by Crippen LogP contribution is -2.34. The molecule has 0 saturated carbocycles.